The second-order valence-electron chi connectivity index (χ2n) is 7.96. The molecule has 1 atom stereocenters. The first-order valence-corrected chi connectivity index (χ1v) is 10.9. The largest absolute Gasteiger partial charge is 0.488 e. The van der Waals surface area contributed by atoms with Gasteiger partial charge in [-0.15, -0.1) is 0 Å². The zero-order valence-electron chi connectivity index (χ0n) is 16.8. The third kappa shape index (κ3) is 4.66. The van der Waals surface area contributed by atoms with Crippen LogP contribution in [0.2, 0.25) is 0 Å². The molecule has 7 nitrogen and oxygen atoms in total. The molecule has 1 aromatic carbocycles. The van der Waals surface area contributed by atoms with Crippen molar-refractivity contribution in [1.29, 1.82) is 0 Å². The highest BCUT2D eigenvalue weighted by molar-refractivity contribution is 7.84. The topological polar surface area (TPSA) is 86.3 Å². The molecular formula is C21H25N3O4S. The fourth-order valence-electron chi connectivity index (χ4n) is 3.07. The molecule has 2 aromatic heterocycles. The molecule has 0 amide bonds. The highest BCUT2D eigenvalue weighted by atomic mass is 32.2. The summed E-state index contributed by atoms with van der Waals surface area (Å²) in [5.41, 5.74) is 3.26. The van der Waals surface area contributed by atoms with Gasteiger partial charge in [0.15, 0.2) is 11.4 Å². The number of ether oxygens (including phenoxy) is 3. The standard InChI is InChI=1S/C21H25N3O4S/c1-14-17(11-29(25)20-23-15-6-4-5-7-16(15)24-20)22-9-8-18(14)26-10-19-27-12-21(2,3)13-28-19/h4-9,19H,10-13H2,1-3H3,(H,23,24). The van der Waals surface area contributed by atoms with Crippen LogP contribution in [0.4, 0.5) is 0 Å². The Kier molecular flexibility index (Phi) is 5.67. The van der Waals surface area contributed by atoms with E-state index in [1.807, 2.05) is 31.2 Å². The fraction of sp³-hybridized carbons (Fsp3) is 0.429. The second-order valence-corrected chi connectivity index (χ2v) is 9.32. The summed E-state index contributed by atoms with van der Waals surface area (Å²) in [7, 11) is -1.34. The summed E-state index contributed by atoms with van der Waals surface area (Å²) in [4.78, 5) is 11.9. The molecule has 1 fully saturated rings. The molecule has 0 bridgehead atoms. The number of rotatable bonds is 6. The van der Waals surface area contributed by atoms with Crippen LogP contribution in [0.25, 0.3) is 11.0 Å². The van der Waals surface area contributed by atoms with E-state index in [0.717, 1.165) is 16.6 Å². The summed E-state index contributed by atoms with van der Waals surface area (Å²) in [6.45, 7) is 7.69. The maximum absolute atomic E-state index is 12.8. The number of imidazole rings is 1. The van der Waals surface area contributed by atoms with Crippen molar-refractivity contribution in [2.45, 2.75) is 38.0 Å². The third-order valence-electron chi connectivity index (χ3n) is 4.80. The number of nitrogens with zero attached hydrogens (tertiary/aromatic N) is 2. The van der Waals surface area contributed by atoms with Crippen molar-refractivity contribution < 1.29 is 18.4 Å². The predicted molar refractivity (Wildman–Crippen MR) is 110 cm³/mol. The van der Waals surface area contributed by atoms with Gasteiger partial charge < -0.3 is 19.2 Å². The number of fused-ring (bicyclic) bond motifs is 1. The smallest absolute Gasteiger partial charge is 0.197 e. The second kappa shape index (κ2) is 8.22. The molecule has 1 saturated heterocycles. The molecule has 0 radical (unpaired) electrons. The molecule has 1 aliphatic heterocycles. The number of para-hydroxylation sites is 2. The van der Waals surface area contributed by atoms with Crippen molar-refractivity contribution in [3.05, 3.63) is 47.8 Å². The van der Waals surface area contributed by atoms with Crippen molar-refractivity contribution >= 4 is 21.8 Å². The zero-order valence-corrected chi connectivity index (χ0v) is 17.6. The van der Waals surface area contributed by atoms with Crippen LogP contribution in [-0.2, 0) is 26.0 Å². The molecule has 1 N–H and O–H groups in total. The van der Waals surface area contributed by atoms with Crippen LogP contribution >= 0.6 is 0 Å². The van der Waals surface area contributed by atoms with E-state index in [1.54, 1.807) is 12.3 Å². The van der Waals surface area contributed by atoms with Crippen LogP contribution in [0.5, 0.6) is 5.75 Å². The van der Waals surface area contributed by atoms with Gasteiger partial charge in [-0.25, -0.2) is 4.98 Å². The summed E-state index contributed by atoms with van der Waals surface area (Å²) >= 11 is 0. The molecule has 29 heavy (non-hydrogen) atoms. The Morgan fingerprint density at radius 2 is 2.00 bits per heavy atom. The normalized spacial score (nSPS) is 18.0. The lowest BCUT2D eigenvalue weighted by atomic mass is 9.96. The fourth-order valence-corrected chi connectivity index (χ4v) is 4.17. The highest BCUT2D eigenvalue weighted by Crippen LogP contribution is 2.25. The average molecular weight is 416 g/mol. The number of benzene rings is 1. The Hall–Kier alpha value is -2.29. The van der Waals surface area contributed by atoms with Gasteiger partial charge in [0.2, 0.25) is 0 Å². The number of H-pyrrole nitrogens is 1. The summed E-state index contributed by atoms with van der Waals surface area (Å²) in [6, 6.07) is 9.43. The average Bonchev–Trinajstić information content (AvgIpc) is 3.14. The highest BCUT2D eigenvalue weighted by Gasteiger charge is 2.28. The van der Waals surface area contributed by atoms with Gasteiger partial charge in [-0.1, -0.05) is 26.0 Å². The Labute approximate surface area is 172 Å². The molecule has 4 rings (SSSR count). The van der Waals surface area contributed by atoms with Crippen LogP contribution in [-0.4, -0.2) is 45.3 Å². The van der Waals surface area contributed by atoms with Gasteiger partial charge >= 0.3 is 0 Å². The van der Waals surface area contributed by atoms with Crippen LogP contribution < -0.4 is 4.74 Å². The number of hydrogen-bond acceptors (Lipinski definition) is 6. The molecular weight excluding hydrogens is 390 g/mol. The van der Waals surface area contributed by atoms with E-state index in [4.69, 9.17) is 14.2 Å². The van der Waals surface area contributed by atoms with Crippen LogP contribution in [0.15, 0.2) is 41.7 Å². The molecule has 0 aliphatic carbocycles. The van der Waals surface area contributed by atoms with E-state index in [1.165, 1.54) is 0 Å². The van der Waals surface area contributed by atoms with Crippen LogP contribution in [0.3, 0.4) is 0 Å². The lowest BCUT2D eigenvalue weighted by Crippen LogP contribution is -2.40. The summed E-state index contributed by atoms with van der Waals surface area (Å²) < 4.78 is 30.1. The van der Waals surface area contributed by atoms with Crippen molar-refractivity contribution in [3.8, 4) is 5.75 Å². The van der Waals surface area contributed by atoms with E-state index in [9.17, 15) is 4.21 Å². The maximum atomic E-state index is 12.8. The van der Waals surface area contributed by atoms with Gasteiger partial charge in [0.1, 0.15) is 12.4 Å². The van der Waals surface area contributed by atoms with Gasteiger partial charge in [0.05, 0.1) is 46.5 Å². The summed E-state index contributed by atoms with van der Waals surface area (Å²) in [6.07, 6.45) is 1.28. The maximum Gasteiger partial charge on any atom is 0.197 e. The Morgan fingerprint density at radius 3 is 2.76 bits per heavy atom. The van der Waals surface area contributed by atoms with E-state index in [0.29, 0.717) is 36.4 Å². The van der Waals surface area contributed by atoms with E-state index >= 15 is 0 Å². The molecule has 1 aliphatic rings. The van der Waals surface area contributed by atoms with Crippen LogP contribution in [0.1, 0.15) is 25.1 Å². The van der Waals surface area contributed by atoms with Gasteiger partial charge in [0.25, 0.3) is 0 Å². The Balaban J connectivity index is 1.41. The number of aromatic nitrogens is 3. The van der Waals surface area contributed by atoms with Crippen molar-refractivity contribution in [3.63, 3.8) is 0 Å². The third-order valence-corrected chi connectivity index (χ3v) is 5.96. The lowest BCUT2D eigenvalue weighted by molar-refractivity contribution is -0.231. The minimum Gasteiger partial charge on any atom is -0.488 e. The minimum atomic E-state index is -1.34. The lowest BCUT2D eigenvalue weighted by Gasteiger charge is -2.34. The monoisotopic (exact) mass is 415 g/mol. The number of aromatic amines is 1. The van der Waals surface area contributed by atoms with E-state index in [2.05, 4.69) is 28.8 Å². The molecule has 8 heteroatoms. The first-order valence-electron chi connectivity index (χ1n) is 9.55. The molecule has 0 spiro atoms. The molecule has 0 saturated carbocycles. The first kappa shape index (κ1) is 20.0. The predicted octanol–water partition coefficient (Wildman–Crippen LogP) is 3.35. The molecule has 3 heterocycles. The van der Waals surface area contributed by atoms with Crippen molar-refractivity contribution in [2.75, 3.05) is 19.8 Å². The Bertz CT molecular complexity index is 991. The summed E-state index contributed by atoms with van der Waals surface area (Å²) in [5.74, 6) is 0.946. The molecule has 1 unspecified atom stereocenters. The molecule has 154 valence electrons. The van der Waals surface area contributed by atoms with E-state index in [-0.39, 0.29) is 17.5 Å². The minimum absolute atomic E-state index is 0.0248. The van der Waals surface area contributed by atoms with Gasteiger partial charge in [0, 0.05) is 17.2 Å². The molecule has 3 aromatic rings. The van der Waals surface area contributed by atoms with Crippen molar-refractivity contribution in [2.24, 2.45) is 5.41 Å². The van der Waals surface area contributed by atoms with Crippen LogP contribution in [0, 0.1) is 12.3 Å². The van der Waals surface area contributed by atoms with Gasteiger partial charge in [-0.2, -0.15) is 0 Å². The van der Waals surface area contributed by atoms with Gasteiger partial charge in [-0.05, 0) is 25.1 Å². The first-order chi connectivity index (χ1) is 13.9. The van der Waals surface area contributed by atoms with Crippen molar-refractivity contribution in [1.82, 2.24) is 15.0 Å². The Morgan fingerprint density at radius 1 is 1.24 bits per heavy atom. The summed E-state index contributed by atoms with van der Waals surface area (Å²) in [5, 5.41) is 0.449. The van der Waals surface area contributed by atoms with Gasteiger partial charge in [-0.3, -0.25) is 9.19 Å². The number of hydrogen-bond donors (Lipinski definition) is 1. The number of nitrogens with one attached hydrogen (secondary N) is 1. The quantitative estimate of drug-likeness (QED) is 0.664. The zero-order chi connectivity index (χ0) is 20.4. The SMILES string of the molecule is Cc1c(OCC2OCC(C)(C)CO2)ccnc1CS(=O)c1nc2ccccc2[nH]1. The van der Waals surface area contributed by atoms with E-state index < -0.39 is 10.8 Å². The number of pyridine rings is 1.